The number of halogens is 1. The third-order valence-electron chi connectivity index (χ3n) is 2.48. The van der Waals surface area contributed by atoms with Gasteiger partial charge in [-0.05, 0) is 38.3 Å². The molecule has 0 aliphatic rings. The summed E-state index contributed by atoms with van der Waals surface area (Å²) in [5.74, 6) is 0.669. The highest BCUT2D eigenvalue weighted by Gasteiger charge is 2.10. The van der Waals surface area contributed by atoms with Crippen LogP contribution in [0.25, 0.3) is 0 Å². The summed E-state index contributed by atoms with van der Waals surface area (Å²) in [6, 6.07) is 2.03. The number of hydrogen-bond acceptors (Lipinski definition) is 3. The smallest absolute Gasteiger partial charge is 0.211 e. The van der Waals surface area contributed by atoms with Crippen LogP contribution in [0.1, 0.15) is 28.2 Å². The lowest BCUT2D eigenvalue weighted by Crippen LogP contribution is -2.25. The molecule has 3 nitrogen and oxygen atoms in total. The predicted octanol–water partition coefficient (Wildman–Crippen LogP) is 2.80. The first kappa shape index (κ1) is 15.0. The second kappa shape index (κ2) is 6.73. The minimum absolute atomic E-state index is 0.156. The Bertz CT molecular complexity index is 435. The van der Waals surface area contributed by atoms with Gasteiger partial charge in [0.15, 0.2) is 0 Å². The zero-order valence-electron chi connectivity index (χ0n) is 10.1. The molecule has 0 fully saturated rings. The highest BCUT2D eigenvalue weighted by Crippen LogP contribution is 2.20. The number of thiophene rings is 1. The van der Waals surface area contributed by atoms with Gasteiger partial charge in [-0.25, -0.2) is 13.1 Å². The number of unbranched alkanes of at least 4 members (excludes halogenated alkanes) is 1. The molecule has 0 spiro atoms. The van der Waals surface area contributed by atoms with Crippen LogP contribution in [0.2, 0.25) is 0 Å². The molecular formula is C11H18ClNO2S2. The minimum Gasteiger partial charge on any atom is -0.212 e. The van der Waals surface area contributed by atoms with Crippen LogP contribution in [-0.4, -0.2) is 20.1 Å². The SMILES string of the molecule is Cc1cc(CNS(=O)(=O)CCCCCl)sc1C. The summed E-state index contributed by atoms with van der Waals surface area (Å²) in [6.45, 7) is 4.46. The van der Waals surface area contributed by atoms with E-state index in [1.807, 2.05) is 19.9 Å². The zero-order chi connectivity index (χ0) is 12.9. The Kier molecular flexibility index (Phi) is 5.92. The number of aryl methyl sites for hydroxylation is 2. The maximum Gasteiger partial charge on any atom is 0.211 e. The van der Waals surface area contributed by atoms with E-state index in [0.717, 1.165) is 11.3 Å². The van der Waals surface area contributed by atoms with E-state index in [-0.39, 0.29) is 5.75 Å². The number of nitrogens with one attached hydrogen (secondary N) is 1. The second-order valence-electron chi connectivity index (χ2n) is 3.99. The van der Waals surface area contributed by atoms with Crippen LogP contribution in [0.15, 0.2) is 6.07 Å². The Hall–Kier alpha value is -0.100. The van der Waals surface area contributed by atoms with Gasteiger partial charge in [0.1, 0.15) is 0 Å². The molecular weight excluding hydrogens is 278 g/mol. The summed E-state index contributed by atoms with van der Waals surface area (Å²) in [6.07, 6.45) is 1.35. The van der Waals surface area contributed by atoms with Crippen LogP contribution in [-0.2, 0) is 16.6 Å². The molecule has 0 aromatic carbocycles. The molecule has 0 saturated heterocycles. The van der Waals surface area contributed by atoms with E-state index in [1.54, 1.807) is 11.3 Å². The van der Waals surface area contributed by atoms with E-state index < -0.39 is 10.0 Å². The standard InChI is InChI=1S/C11H18ClNO2S2/c1-9-7-11(16-10(9)2)8-13-17(14,15)6-4-3-5-12/h7,13H,3-6,8H2,1-2H3. The van der Waals surface area contributed by atoms with Gasteiger partial charge in [0.2, 0.25) is 10.0 Å². The van der Waals surface area contributed by atoms with Gasteiger partial charge in [0, 0.05) is 22.2 Å². The van der Waals surface area contributed by atoms with Crippen LogP contribution in [0.5, 0.6) is 0 Å². The molecule has 0 aliphatic heterocycles. The van der Waals surface area contributed by atoms with Crippen LogP contribution in [0, 0.1) is 13.8 Å². The quantitative estimate of drug-likeness (QED) is 0.621. The van der Waals surface area contributed by atoms with Gasteiger partial charge in [0.25, 0.3) is 0 Å². The molecule has 1 aromatic rings. The van der Waals surface area contributed by atoms with E-state index in [1.165, 1.54) is 10.4 Å². The van der Waals surface area contributed by atoms with Crippen molar-refractivity contribution in [3.63, 3.8) is 0 Å². The van der Waals surface area contributed by atoms with E-state index in [0.29, 0.717) is 18.8 Å². The van der Waals surface area contributed by atoms with Crippen molar-refractivity contribution in [3.8, 4) is 0 Å². The molecule has 1 heterocycles. The van der Waals surface area contributed by atoms with Gasteiger partial charge in [0.05, 0.1) is 5.75 Å². The fourth-order valence-corrected chi connectivity index (χ4v) is 3.75. The van der Waals surface area contributed by atoms with Crippen molar-refractivity contribution in [1.82, 2.24) is 4.72 Å². The number of alkyl halides is 1. The van der Waals surface area contributed by atoms with Crippen molar-refractivity contribution in [2.75, 3.05) is 11.6 Å². The Labute approximate surface area is 112 Å². The summed E-state index contributed by atoms with van der Waals surface area (Å²) < 4.78 is 25.9. The minimum atomic E-state index is -3.16. The maximum atomic E-state index is 11.6. The van der Waals surface area contributed by atoms with Crippen LogP contribution in [0.4, 0.5) is 0 Å². The third kappa shape index (κ3) is 5.38. The average molecular weight is 296 g/mol. The summed E-state index contributed by atoms with van der Waals surface area (Å²) in [7, 11) is -3.16. The topological polar surface area (TPSA) is 46.2 Å². The molecule has 1 N–H and O–H groups in total. The van der Waals surface area contributed by atoms with E-state index in [9.17, 15) is 8.42 Å². The normalized spacial score (nSPS) is 11.9. The van der Waals surface area contributed by atoms with Gasteiger partial charge in [-0.15, -0.1) is 22.9 Å². The van der Waals surface area contributed by atoms with Gasteiger partial charge in [-0.1, -0.05) is 0 Å². The average Bonchev–Trinajstić information content (AvgIpc) is 2.56. The molecule has 0 aliphatic carbocycles. The van der Waals surface area contributed by atoms with E-state index in [2.05, 4.69) is 4.72 Å². The molecule has 0 atom stereocenters. The molecule has 0 bridgehead atoms. The molecule has 6 heteroatoms. The molecule has 1 aromatic heterocycles. The fraction of sp³-hybridized carbons (Fsp3) is 0.636. The van der Waals surface area contributed by atoms with Crippen LogP contribution < -0.4 is 4.72 Å². The summed E-state index contributed by atoms with van der Waals surface area (Å²) in [5.41, 5.74) is 1.21. The zero-order valence-corrected chi connectivity index (χ0v) is 12.5. The Morgan fingerprint density at radius 3 is 2.59 bits per heavy atom. The van der Waals surface area contributed by atoms with Crippen LogP contribution in [0.3, 0.4) is 0 Å². The Morgan fingerprint density at radius 1 is 1.35 bits per heavy atom. The number of hydrogen-bond donors (Lipinski definition) is 1. The van der Waals surface area contributed by atoms with Gasteiger partial charge in [-0.2, -0.15) is 0 Å². The lowest BCUT2D eigenvalue weighted by molar-refractivity contribution is 0.578. The van der Waals surface area contributed by atoms with Crippen LogP contribution >= 0.6 is 22.9 Å². The van der Waals surface area contributed by atoms with Gasteiger partial charge >= 0.3 is 0 Å². The number of rotatable bonds is 7. The molecule has 98 valence electrons. The lowest BCUT2D eigenvalue weighted by Gasteiger charge is -2.04. The molecule has 0 amide bonds. The molecule has 1 rings (SSSR count). The summed E-state index contributed by atoms with van der Waals surface area (Å²) in [4.78, 5) is 2.29. The Morgan fingerprint density at radius 2 is 2.06 bits per heavy atom. The monoisotopic (exact) mass is 295 g/mol. The summed E-state index contributed by atoms with van der Waals surface area (Å²) >= 11 is 7.15. The predicted molar refractivity (Wildman–Crippen MR) is 74.4 cm³/mol. The molecule has 0 radical (unpaired) electrons. The van der Waals surface area contributed by atoms with E-state index >= 15 is 0 Å². The van der Waals surface area contributed by atoms with Gasteiger partial charge < -0.3 is 0 Å². The van der Waals surface area contributed by atoms with Crippen molar-refractivity contribution in [1.29, 1.82) is 0 Å². The fourth-order valence-electron chi connectivity index (χ4n) is 1.38. The largest absolute Gasteiger partial charge is 0.212 e. The third-order valence-corrected chi connectivity index (χ3v) is 5.31. The molecule has 0 unspecified atom stereocenters. The second-order valence-corrected chi connectivity index (χ2v) is 7.63. The van der Waals surface area contributed by atoms with Crippen molar-refractivity contribution < 1.29 is 8.42 Å². The highest BCUT2D eigenvalue weighted by molar-refractivity contribution is 7.89. The summed E-state index contributed by atoms with van der Waals surface area (Å²) in [5, 5.41) is 0. The molecule has 17 heavy (non-hydrogen) atoms. The first-order chi connectivity index (χ1) is 7.94. The van der Waals surface area contributed by atoms with E-state index in [4.69, 9.17) is 11.6 Å². The highest BCUT2D eigenvalue weighted by atomic mass is 35.5. The number of sulfonamides is 1. The van der Waals surface area contributed by atoms with Crippen molar-refractivity contribution in [2.24, 2.45) is 0 Å². The molecule has 0 saturated carbocycles. The lowest BCUT2D eigenvalue weighted by atomic mass is 10.3. The maximum absolute atomic E-state index is 11.6. The van der Waals surface area contributed by atoms with Crippen molar-refractivity contribution in [3.05, 3.63) is 21.4 Å². The first-order valence-electron chi connectivity index (χ1n) is 5.54. The van der Waals surface area contributed by atoms with Crippen molar-refractivity contribution in [2.45, 2.75) is 33.2 Å². The van der Waals surface area contributed by atoms with Gasteiger partial charge in [-0.3, -0.25) is 0 Å². The Balaban J connectivity index is 2.44. The first-order valence-corrected chi connectivity index (χ1v) is 8.54. The van der Waals surface area contributed by atoms with Crippen molar-refractivity contribution >= 4 is 33.0 Å².